The molecule has 0 bridgehead atoms. The van der Waals surface area contributed by atoms with E-state index in [1.807, 2.05) is 30.0 Å². The number of ether oxygens (including phenoxy) is 1. The molecule has 9 nitrogen and oxygen atoms in total. The Morgan fingerprint density at radius 3 is 2.73 bits per heavy atom. The fourth-order valence-corrected chi connectivity index (χ4v) is 3.43. The fourth-order valence-electron chi connectivity index (χ4n) is 3.43. The van der Waals surface area contributed by atoms with E-state index in [4.69, 9.17) is 9.57 Å². The molecule has 3 heterocycles. The van der Waals surface area contributed by atoms with Crippen LogP contribution >= 0.6 is 0 Å². The van der Waals surface area contributed by atoms with Crippen molar-refractivity contribution in [1.82, 2.24) is 15.0 Å². The Hall–Kier alpha value is -3.17. The van der Waals surface area contributed by atoms with E-state index in [0.717, 1.165) is 16.6 Å². The number of aromatic amines is 1. The smallest absolute Gasteiger partial charge is 0.274 e. The zero-order valence-corrected chi connectivity index (χ0v) is 17.7. The van der Waals surface area contributed by atoms with Gasteiger partial charge < -0.3 is 19.9 Å². The summed E-state index contributed by atoms with van der Waals surface area (Å²) in [6, 6.07) is 7.43. The highest BCUT2D eigenvalue weighted by molar-refractivity contribution is 6.04. The molecule has 158 valence electrons. The maximum absolute atomic E-state index is 13.0. The molecule has 2 N–H and O–H groups in total. The van der Waals surface area contributed by atoms with Crippen LogP contribution in [0.3, 0.4) is 0 Å². The summed E-state index contributed by atoms with van der Waals surface area (Å²) in [4.78, 5) is 32.7. The lowest BCUT2D eigenvalue weighted by Gasteiger charge is -2.28. The first-order valence-corrected chi connectivity index (χ1v) is 9.86. The Bertz CT molecular complexity index is 1070. The number of rotatable bonds is 5. The number of carbonyl (C=O) groups is 1. The van der Waals surface area contributed by atoms with Gasteiger partial charge in [-0.2, -0.15) is 4.98 Å². The van der Waals surface area contributed by atoms with Gasteiger partial charge in [-0.15, -0.1) is 0 Å². The number of hydrogen-bond acceptors (Lipinski definition) is 7. The number of nitrogens with zero attached hydrogens (tertiary/aromatic N) is 4. The van der Waals surface area contributed by atoms with Crippen molar-refractivity contribution in [2.45, 2.75) is 13.8 Å². The number of anilines is 3. The molecule has 1 saturated heterocycles. The topological polar surface area (TPSA) is 95.6 Å². The molecule has 1 aromatic carbocycles. The van der Waals surface area contributed by atoms with Gasteiger partial charge in [-0.05, 0) is 37.6 Å². The van der Waals surface area contributed by atoms with Gasteiger partial charge in [-0.1, -0.05) is 0 Å². The minimum Gasteiger partial charge on any atom is -0.378 e. The molecule has 0 saturated carbocycles. The Balaban J connectivity index is 1.64. The summed E-state index contributed by atoms with van der Waals surface area (Å²) in [7, 11) is 3.28. The van der Waals surface area contributed by atoms with Gasteiger partial charge in [0.2, 0.25) is 5.95 Å². The molecule has 0 spiro atoms. The largest absolute Gasteiger partial charge is 0.378 e. The van der Waals surface area contributed by atoms with Crippen molar-refractivity contribution < 1.29 is 14.4 Å². The minimum absolute atomic E-state index is 0.271. The molecule has 4 rings (SSSR count). The van der Waals surface area contributed by atoms with Crippen LogP contribution in [0.1, 0.15) is 21.7 Å². The first-order chi connectivity index (χ1) is 14.5. The van der Waals surface area contributed by atoms with Crippen molar-refractivity contribution in [1.29, 1.82) is 0 Å². The van der Waals surface area contributed by atoms with E-state index in [2.05, 4.69) is 27.2 Å². The molecular weight excluding hydrogens is 384 g/mol. The highest BCUT2D eigenvalue weighted by Crippen LogP contribution is 2.25. The number of amides is 1. The molecule has 0 unspecified atom stereocenters. The Kier molecular flexibility index (Phi) is 5.56. The third-order valence-electron chi connectivity index (χ3n) is 5.39. The first kappa shape index (κ1) is 20.1. The Morgan fingerprint density at radius 1 is 1.23 bits per heavy atom. The number of H-pyrrole nitrogens is 1. The van der Waals surface area contributed by atoms with Gasteiger partial charge in [0, 0.05) is 48.5 Å². The van der Waals surface area contributed by atoms with Crippen LogP contribution in [-0.2, 0) is 9.57 Å². The summed E-state index contributed by atoms with van der Waals surface area (Å²) >= 11 is 0. The third kappa shape index (κ3) is 3.94. The van der Waals surface area contributed by atoms with Crippen LogP contribution < -0.4 is 15.3 Å². The number of aromatic nitrogens is 3. The second-order valence-corrected chi connectivity index (χ2v) is 7.28. The average molecular weight is 410 g/mol. The zero-order valence-electron chi connectivity index (χ0n) is 17.7. The summed E-state index contributed by atoms with van der Waals surface area (Å²) in [5, 5.41) is 5.54. The monoisotopic (exact) mass is 410 g/mol. The van der Waals surface area contributed by atoms with Crippen molar-refractivity contribution in [2.75, 3.05) is 55.7 Å². The van der Waals surface area contributed by atoms with Crippen LogP contribution in [0.2, 0.25) is 0 Å². The van der Waals surface area contributed by atoms with Gasteiger partial charge in [-0.3, -0.25) is 9.63 Å². The maximum Gasteiger partial charge on any atom is 0.274 e. The second kappa shape index (κ2) is 8.29. The summed E-state index contributed by atoms with van der Waals surface area (Å²) in [6.45, 7) is 6.64. The van der Waals surface area contributed by atoms with E-state index in [-0.39, 0.29) is 11.6 Å². The van der Waals surface area contributed by atoms with E-state index in [9.17, 15) is 4.79 Å². The van der Waals surface area contributed by atoms with Crippen LogP contribution in [0.25, 0.3) is 10.9 Å². The zero-order chi connectivity index (χ0) is 21.3. The molecule has 0 atom stereocenters. The van der Waals surface area contributed by atoms with Crippen LogP contribution in [0.5, 0.6) is 0 Å². The number of hydrogen-bond donors (Lipinski definition) is 2. The van der Waals surface area contributed by atoms with Crippen molar-refractivity contribution in [3.05, 3.63) is 41.2 Å². The second-order valence-electron chi connectivity index (χ2n) is 7.28. The third-order valence-corrected chi connectivity index (χ3v) is 5.39. The van der Waals surface area contributed by atoms with E-state index in [1.165, 1.54) is 10.6 Å². The number of aryl methyl sites for hydroxylation is 2. The van der Waals surface area contributed by atoms with Gasteiger partial charge in [0.1, 0.15) is 5.69 Å². The van der Waals surface area contributed by atoms with Crippen molar-refractivity contribution in [3.63, 3.8) is 0 Å². The molecular formula is C21H26N6O3. The van der Waals surface area contributed by atoms with Crippen LogP contribution in [0, 0.1) is 13.8 Å². The summed E-state index contributed by atoms with van der Waals surface area (Å²) in [5.74, 6) is 0.686. The SMILES string of the molecule is CON(C)c1cc(C(=O)Nc2ccc3[nH]c(C)c(C)c3c2)nc(N2CCOCC2)n1. The maximum atomic E-state index is 13.0. The number of fused-ring (bicyclic) bond motifs is 1. The van der Waals surface area contributed by atoms with E-state index < -0.39 is 0 Å². The van der Waals surface area contributed by atoms with Gasteiger partial charge in [0.05, 0.1) is 20.3 Å². The fraction of sp³-hybridized carbons (Fsp3) is 0.381. The van der Waals surface area contributed by atoms with E-state index >= 15 is 0 Å². The molecule has 2 aromatic heterocycles. The van der Waals surface area contributed by atoms with Crippen molar-refractivity contribution in [3.8, 4) is 0 Å². The lowest BCUT2D eigenvalue weighted by atomic mass is 10.1. The number of nitrogens with one attached hydrogen (secondary N) is 2. The Morgan fingerprint density at radius 2 is 2.00 bits per heavy atom. The van der Waals surface area contributed by atoms with Crippen LogP contribution in [0.4, 0.5) is 17.5 Å². The normalized spacial score (nSPS) is 14.2. The standard InChI is InChI=1S/C21H26N6O3/c1-13-14(2)22-17-6-5-15(11-16(13)17)23-20(28)18-12-19(26(3)29-4)25-21(24-18)27-7-9-30-10-8-27/h5-6,11-12,22H,7-10H2,1-4H3,(H,23,28). The number of benzene rings is 1. The van der Waals surface area contributed by atoms with Crippen molar-refractivity contribution in [2.24, 2.45) is 0 Å². The molecule has 9 heteroatoms. The molecule has 1 fully saturated rings. The molecule has 1 aliphatic rings. The lowest BCUT2D eigenvalue weighted by Crippen LogP contribution is -2.38. The van der Waals surface area contributed by atoms with Crippen molar-refractivity contribution >= 4 is 34.3 Å². The van der Waals surface area contributed by atoms with E-state index in [1.54, 1.807) is 20.2 Å². The van der Waals surface area contributed by atoms with Gasteiger partial charge in [0.15, 0.2) is 5.82 Å². The quantitative estimate of drug-likeness (QED) is 0.624. The number of morpholine rings is 1. The van der Waals surface area contributed by atoms with Crippen LogP contribution in [-0.4, -0.2) is 61.3 Å². The summed E-state index contributed by atoms with van der Waals surface area (Å²) in [5.41, 5.74) is 4.31. The summed E-state index contributed by atoms with van der Waals surface area (Å²) in [6.07, 6.45) is 0. The molecule has 0 aliphatic carbocycles. The highest BCUT2D eigenvalue weighted by Gasteiger charge is 2.20. The summed E-state index contributed by atoms with van der Waals surface area (Å²) < 4.78 is 5.41. The lowest BCUT2D eigenvalue weighted by molar-refractivity contribution is 0.102. The molecule has 30 heavy (non-hydrogen) atoms. The molecule has 0 radical (unpaired) electrons. The molecule has 1 aliphatic heterocycles. The molecule has 3 aromatic rings. The number of hydroxylamine groups is 1. The highest BCUT2D eigenvalue weighted by atomic mass is 16.7. The van der Waals surface area contributed by atoms with E-state index in [0.29, 0.717) is 43.8 Å². The first-order valence-electron chi connectivity index (χ1n) is 9.86. The van der Waals surface area contributed by atoms with Gasteiger partial charge in [-0.25, -0.2) is 10.0 Å². The Labute approximate surface area is 175 Å². The predicted molar refractivity (Wildman–Crippen MR) is 116 cm³/mol. The van der Waals surface area contributed by atoms with Crippen LogP contribution in [0.15, 0.2) is 24.3 Å². The predicted octanol–water partition coefficient (Wildman–Crippen LogP) is 2.66. The molecule has 1 amide bonds. The van der Waals surface area contributed by atoms with Gasteiger partial charge in [0.25, 0.3) is 5.91 Å². The number of carbonyl (C=O) groups excluding carboxylic acids is 1. The van der Waals surface area contributed by atoms with Gasteiger partial charge >= 0.3 is 0 Å². The minimum atomic E-state index is -0.304. The average Bonchev–Trinajstić information content (AvgIpc) is 3.06.